The Morgan fingerprint density at radius 3 is 2.85 bits per heavy atom. The van der Waals surface area contributed by atoms with Crippen LogP contribution in [0.4, 0.5) is 0 Å². The Morgan fingerprint density at radius 2 is 2.15 bits per heavy atom. The van der Waals surface area contributed by atoms with E-state index in [2.05, 4.69) is 16.0 Å². The minimum Gasteiger partial charge on any atom is -0.329 e. The Hall–Kier alpha value is -2.16. The van der Waals surface area contributed by atoms with Crippen molar-refractivity contribution in [3.63, 3.8) is 0 Å². The number of aryl methyl sites for hydroxylation is 1. The molecule has 2 heterocycles. The van der Waals surface area contributed by atoms with Crippen LogP contribution in [0.15, 0.2) is 30.3 Å². The fourth-order valence-corrected chi connectivity index (χ4v) is 2.62. The molecule has 0 bridgehead atoms. The summed E-state index contributed by atoms with van der Waals surface area (Å²) in [5.74, 6) is 0. The zero-order valence-corrected chi connectivity index (χ0v) is 12.1. The first kappa shape index (κ1) is 12.9. The van der Waals surface area contributed by atoms with Crippen molar-refractivity contribution in [2.75, 3.05) is 0 Å². The lowest BCUT2D eigenvalue weighted by Crippen LogP contribution is -1.97. The summed E-state index contributed by atoms with van der Waals surface area (Å²) in [7, 11) is 0. The van der Waals surface area contributed by atoms with E-state index in [1.54, 1.807) is 22.8 Å². The molecule has 1 aromatic carbocycles. The van der Waals surface area contributed by atoms with E-state index in [9.17, 15) is 0 Å². The lowest BCUT2D eigenvalue weighted by Gasteiger charge is -2.07. The van der Waals surface area contributed by atoms with Crippen molar-refractivity contribution in [3.05, 3.63) is 51.4 Å². The molecule has 0 aliphatic rings. The molecule has 0 aliphatic heterocycles. The number of halogens is 1. The third-order valence-electron chi connectivity index (χ3n) is 2.99. The van der Waals surface area contributed by atoms with Crippen LogP contribution in [0.3, 0.4) is 0 Å². The van der Waals surface area contributed by atoms with Crippen molar-refractivity contribution >= 4 is 35.0 Å². The second kappa shape index (κ2) is 4.75. The molecular weight excluding hydrogens is 292 g/mol. The van der Waals surface area contributed by atoms with Crippen LogP contribution in [-0.4, -0.2) is 14.5 Å². The Bertz CT molecular complexity index is 917. The molecule has 98 valence electrons. The number of fused-ring (bicyclic) bond motifs is 1. The zero-order valence-electron chi connectivity index (χ0n) is 10.5. The number of pyridine rings is 1. The fraction of sp³-hybridized carbons (Fsp3) is 0.0714. The number of hydrogen-bond donors (Lipinski definition) is 1. The largest absolute Gasteiger partial charge is 0.329 e. The highest BCUT2D eigenvalue weighted by Crippen LogP contribution is 2.25. The predicted molar refractivity (Wildman–Crippen MR) is 80.7 cm³/mol. The fourth-order valence-electron chi connectivity index (χ4n) is 2.06. The van der Waals surface area contributed by atoms with Crippen molar-refractivity contribution < 1.29 is 0 Å². The molecule has 0 aliphatic carbocycles. The molecule has 3 rings (SSSR count). The molecule has 20 heavy (non-hydrogen) atoms. The summed E-state index contributed by atoms with van der Waals surface area (Å²) in [4.78, 5) is 7.60. The van der Waals surface area contributed by atoms with Crippen molar-refractivity contribution in [1.82, 2.24) is 14.5 Å². The molecule has 0 radical (unpaired) electrons. The standard InChI is InChI=1S/C14H9ClN4S/c1-8-2-4-11-13(17-8)19(14(20)18-11)12-5-3-9(7-16)6-10(12)15/h2-6H,1H3,(H,18,20). The van der Waals surface area contributed by atoms with Crippen molar-refractivity contribution in [1.29, 1.82) is 5.26 Å². The average molecular weight is 301 g/mol. The number of nitrogens with zero attached hydrogens (tertiary/aromatic N) is 3. The predicted octanol–water partition coefficient (Wildman–Crippen LogP) is 3.92. The number of nitriles is 1. The number of imidazole rings is 1. The topological polar surface area (TPSA) is 57.4 Å². The van der Waals surface area contributed by atoms with E-state index in [0.29, 0.717) is 21.0 Å². The number of benzene rings is 1. The van der Waals surface area contributed by atoms with Gasteiger partial charge in [0.1, 0.15) is 0 Å². The quantitative estimate of drug-likeness (QED) is 0.693. The van der Waals surface area contributed by atoms with Gasteiger partial charge in [-0.25, -0.2) is 4.98 Å². The normalized spacial score (nSPS) is 10.7. The maximum Gasteiger partial charge on any atom is 0.184 e. The molecule has 3 aromatic rings. The van der Waals surface area contributed by atoms with Gasteiger partial charge < -0.3 is 4.98 Å². The van der Waals surface area contributed by atoms with E-state index in [0.717, 1.165) is 16.9 Å². The highest BCUT2D eigenvalue weighted by atomic mass is 35.5. The molecule has 4 nitrogen and oxygen atoms in total. The molecule has 0 unspecified atom stereocenters. The van der Waals surface area contributed by atoms with E-state index in [1.165, 1.54) is 0 Å². The molecule has 0 saturated heterocycles. The van der Waals surface area contributed by atoms with Crippen LogP contribution in [-0.2, 0) is 0 Å². The van der Waals surface area contributed by atoms with E-state index < -0.39 is 0 Å². The first-order valence-corrected chi connectivity index (χ1v) is 6.67. The van der Waals surface area contributed by atoms with Gasteiger partial charge in [-0.15, -0.1) is 0 Å². The molecule has 6 heteroatoms. The van der Waals surface area contributed by atoms with Crippen molar-refractivity contribution in [2.24, 2.45) is 0 Å². The molecular formula is C14H9ClN4S. The summed E-state index contributed by atoms with van der Waals surface area (Å²) in [6.07, 6.45) is 0. The second-order valence-corrected chi connectivity index (χ2v) is 5.16. The molecule has 0 saturated carbocycles. The van der Waals surface area contributed by atoms with Gasteiger partial charge in [-0.3, -0.25) is 4.57 Å². The number of aromatic amines is 1. The minimum absolute atomic E-state index is 0.462. The molecule has 0 spiro atoms. The highest BCUT2D eigenvalue weighted by molar-refractivity contribution is 7.71. The third kappa shape index (κ3) is 1.99. The molecule has 0 atom stereocenters. The zero-order chi connectivity index (χ0) is 14.3. The van der Waals surface area contributed by atoms with Crippen molar-refractivity contribution in [3.8, 4) is 11.8 Å². The van der Waals surface area contributed by atoms with Crippen LogP contribution in [0, 0.1) is 23.0 Å². The monoisotopic (exact) mass is 300 g/mol. The number of aromatic nitrogens is 3. The number of nitrogens with one attached hydrogen (secondary N) is 1. The van der Waals surface area contributed by atoms with Gasteiger partial charge in [-0.2, -0.15) is 5.26 Å². The van der Waals surface area contributed by atoms with Gasteiger partial charge in [0.15, 0.2) is 10.4 Å². The third-order valence-corrected chi connectivity index (χ3v) is 3.58. The van der Waals surface area contributed by atoms with Crippen LogP contribution in [0.5, 0.6) is 0 Å². The Balaban J connectivity index is 2.35. The van der Waals surface area contributed by atoms with Crippen LogP contribution in [0.2, 0.25) is 5.02 Å². The van der Waals surface area contributed by atoms with E-state index >= 15 is 0 Å². The molecule has 0 amide bonds. The van der Waals surface area contributed by atoms with E-state index in [4.69, 9.17) is 29.1 Å². The van der Waals surface area contributed by atoms with Gasteiger partial charge in [0.05, 0.1) is 27.9 Å². The summed E-state index contributed by atoms with van der Waals surface area (Å²) >= 11 is 11.6. The Morgan fingerprint density at radius 1 is 1.35 bits per heavy atom. The van der Waals surface area contributed by atoms with Crippen LogP contribution in [0.1, 0.15) is 11.3 Å². The van der Waals surface area contributed by atoms with Crippen LogP contribution >= 0.6 is 23.8 Å². The Kier molecular flexibility index (Phi) is 3.05. The molecule has 2 aromatic heterocycles. The SMILES string of the molecule is Cc1ccc2[nH]c(=S)n(-c3ccc(C#N)cc3Cl)c2n1. The van der Waals surface area contributed by atoms with Crippen molar-refractivity contribution in [2.45, 2.75) is 6.92 Å². The lowest BCUT2D eigenvalue weighted by atomic mass is 10.2. The maximum absolute atomic E-state index is 8.89. The molecule has 0 fully saturated rings. The number of rotatable bonds is 1. The van der Waals surface area contributed by atoms with Gasteiger partial charge in [0.25, 0.3) is 0 Å². The van der Waals surface area contributed by atoms with Gasteiger partial charge in [0.2, 0.25) is 0 Å². The van der Waals surface area contributed by atoms with E-state index in [-0.39, 0.29) is 0 Å². The summed E-state index contributed by atoms with van der Waals surface area (Å²) in [5, 5.41) is 9.35. The van der Waals surface area contributed by atoms with Crippen LogP contribution in [0.25, 0.3) is 16.9 Å². The summed E-state index contributed by atoms with van der Waals surface area (Å²) in [6.45, 7) is 1.92. The van der Waals surface area contributed by atoms with Gasteiger partial charge in [-0.1, -0.05) is 11.6 Å². The number of H-pyrrole nitrogens is 1. The smallest absolute Gasteiger partial charge is 0.184 e. The van der Waals surface area contributed by atoms with Gasteiger partial charge in [-0.05, 0) is 49.5 Å². The maximum atomic E-state index is 8.89. The van der Waals surface area contributed by atoms with Gasteiger partial charge >= 0.3 is 0 Å². The van der Waals surface area contributed by atoms with Gasteiger partial charge in [0, 0.05) is 5.69 Å². The summed E-state index contributed by atoms with van der Waals surface area (Å²) in [6, 6.07) is 11.0. The minimum atomic E-state index is 0.462. The lowest BCUT2D eigenvalue weighted by molar-refractivity contribution is 1.04. The number of hydrogen-bond acceptors (Lipinski definition) is 3. The average Bonchev–Trinajstić information content (AvgIpc) is 2.74. The first-order chi connectivity index (χ1) is 9.60. The molecule has 1 N–H and O–H groups in total. The van der Waals surface area contributed by atoms with Crippen LogP contribution < -0.4 is 0 Å². The van der Waals surface area contributed by atoms with E-state index in [1.807, 2.05) is 19.1 Å². The highest BCUT2D eigenvalue weighted by Gasteiger charge is 2.11. The second-order valence-electron chi connectivity index (χ2n) is 4.37. The summed E-state index contributed by atoms with van der Waals surface area (Å²) in [5.41, 5.74) is 3.68. The summed E-state index contributed by atoms with van der Waals surface area (Å²) < 4.78 is 2.30. The Labute approximate surface area is 125 Å². The first-order valence-electron chi connectivity index (χ1n) is 5.88.